The van der Waals surface area contributed by atoms with Gasteiger partial charge >= 0.3 is 6.36 Å². The predicted molar refractivity (Wildman–Crippen MR) is 132 cm³/mol. The Morgan fingerprint density at radius 1 is 1.21 bits per heavy atom. The normalized spacial score (nSPS) is 24.2. The number of carbonyl (C=O) groups is 3. The van der Waals surface area contributed by atoms with Crippen LogP contribution in [0.4, 0.5) is 13.2 Å². The van der Waals surface area contributed by atoms with E-state index in [2.05, 4.69) is 21.4 Å². The Labute approximate surface area is 225 Å². The number of alkyl halides is 3. The monoisotopic (exact) mass is 550 g/mol. The van der Waals surface area contributed by atoms with Crippen LogP contribution in [0.15, 0.2) is 24.3 Å². The number of carbonyl (C=O) groups excluding carboxylic acids is 3. The summed E-state index contributed by atoms with van der Waals surface area (Å²) < 4.78 is 46.4. The van der Waals surface area contributed by atoms with Crippen LogP contribution in [0.3, 0.4) is 0 Å². The van der Waals surface area contributed by atoms with Crippen LogP contribution in [0.25, 0.3) is 0 Å². The van der Waals surface area contributed by atoms with Crippen LogP contribution in [0.1, 0.15) is 58.8 Å². The Morgan fingerprint density at radius 3 is 2.44 bits per heavy atom. The van der Waals surface area contributed by atoms with E-state index in [1.54, 1.807) is 0 Å². The third-order valence-corrected chi connectivity index (χ3v) is 7.91. The minimum absolute atomic E-state index is 0.137. The number of hydrogen-bond acceptors (Lipinski definition) is 6. The number of nitrogens with one attached hydrogen (secondary N) is 2. The first kappa shape index (κ1) is 28.5. The minimum atomic E-state index is -4.81. The number of amides is 3. The highest BCUT2D eigenvalue weighted by atomic mass is 19.4. The van der Waals surface area contributed by atoms with Crippen molar-refractivity contribution in [2.45, 2.75) is 82.8 Å². The molecule has 2 saturated heterocycles. The van der Waals surface area contributed by atoms with Crippen LogP contribution in [-0.4, -0.2) is 59.8 Å². The van der Waals surface area contributed by atoms with E-state index in [4.69, 9.17) is 4.74 Å². The number of nitriles is 1. The van der Waals surface area contributed by atoms with Gasteiger partial charge in [0.05, 0.1) is 6.07 Å². The molecule has 39 heavy (non-hydrogen) atoms. The Balaban J connectivity index is 1.36. The van der Waals surface area contributed by atoms with E-state index in [1.165, 1.54) is 17.0 Å². The van der Waals surface area contributed by atoms with Gasteiger partial charge in [0, 0.05) is 18.0 Å². The van der Waals surface area contributed by atoms with Crippen molar-refractivity contribution in [1.82, 2.24) is 15.5 Å². The van der Waals surface area contributed by atoms with Crippen LogP contribution in [0.2, 0.25) is 0 Å². The fourth-order valence-electron chi connectivity index (χ4n) is 5.64. The number of rotatable bonds is 8. The van der Waals surface area contributed by atoms with Crippen molar-refractivity contribution in [3.8, 4) is 17.6 Å². The van der Waals surface area contributed by atoms with Crippen LogP contribution in [0, 0.1) is 22.7 Å². The second-order valence-corrected chi connectivity index (χ2v) is 11.4. The molecule has 2 heterocycles. The molecule has 3 aliphatic rings. The molecule has 1 spiro atoms. The van der Waals surface area contributed by atoms with Gasteiger partial charge in [-0.2, -0.15) is 5.26 Å². The molecule has 1 saturated carbocycles. The van der Waals surface area contributed by atoms with Crippen LogP contribution < -0.4 is 20.1 Å². The molecule has 4 rings (SSSR count). The summed E-state index contributed by atoms with van der Waals surface area (Å²) in [5, 5.41) is 15.4. The van der Waals surface area contributed by atoms with Gasteiger partial charge in [0.15, 0.2) is 6.61 Å². The van der Waals surface area contributed by atoms with Gasteiger partial charge in [-0.05, 0) is 82.1 Å². The summed E-state index contributed by atoms with van der Waals surface area (Å²) in [6, 6.07) is 5.11. The third kappa shape index (κ3) is 7.13. The Hall–Kier alpha value is -3.49. The third-order valence-electron chi connectivity index (χ3n) is 7.91. The largest absolute Gasteiger partial charge is 0.573 e. The lowest BCUT2D eigenvalue weighted by Gasteiger charge is -2.37. The summed E-state index contributed by atoms with van der Waals surface area (Å²) in [4.78, 5) is 40.4. The van der Waals surface area contributed by atoms with Crippen LogP contribution in [-0.2, 0) is 14.4 Å². The van der Waals surface area contributed by atoms with Gasteiger partial charge in [0.25, 0.3) is 5.91 Å². The molecule has 0 bridgehead atoms. The van der Waals surface area contributed by atoms with Gasteiger partial charge in [0.2, 0.25) is 11.8 Å². The number of hydrogen-bond donors (Lipinski definition) is 2. The average molecular weight is 551 g/mol. The highest BCUT2D eigenvalue weighted by Crippen LogP contribution is 2.50. The molecular weight excluding hydrogens is 517 g/mol. The molecule has 3 atom stereocenters. The Bertz CT molecular complexity index is 1130. The SMILES string of the molecule is CC1(C)CC[C@@H](C[C@@H](C#N)NC(=O)[C@@H]2CC3(CCC3)CN2C(=O)COc2ccc(OC(F)(F)F)cc2)C(=O)N1. The zero-order valence-corrected chi connectivity index (χ0v) is 22.0. The fourth-order valence-corrected chi connectivity index (χ4v) is 5.64. The van der Waals surface area contributed by atoms with Gasteiger partial charge in [0.1, 0.15) is 23.6 Å². The first-order valence-electron chi connectivity index (χ1n) is 13.1. The molecule has 3 fully saturated rings. The highest BCUT2D eigenvalue weighted by Gasteiger charge is 2.51. The second kappa shape index (κ2) is 10.9. The summed E-state index contributed by atoms with van der Waals surface area (Å²) in [6.07, 6.45) is 0.0192. The van der Waals surface area contributed by atoms with Gasteiger partial charge in [-0.25, -0.2) is 0 Å². The van der Waals surface area contributed by atoms with E-state index in [1.807, 2.05) is 13.8 Å². The standard InChI is InChI=1S/C27H33F3N4O5/c1-25(2)11-8-17(23(36)33-25)12-18(14-31)32-24(37)21-13-26(9-3-10-26)16-34(21)22(35)15-38-19-4-6-20(7-5-19)39-27(28,29)30/h4-7,17-18,21H,3,8-13,15-16H2,1-2H3,(H,32,37)(H,33,36)/t17-,18-,21-/m0/s1. The summed E-state index contributed by atoms with van der Waals surface area (Å²) in [5.41, 5.74) is -0.451. The van der Waals surface area contributed by atoms with E-state index in [0.717, 1.165) is 37.8 Å². The number of benzene rings is 1. The Kier molecular flexibility index (Phi) is 8.00. The zero-order valence-electron chi connectivity index (χ0n) is 22.0. The quantitative estimate of drug-likeness (QED) is 0.512. The molecule has 1 aromatic carbocycles. The van der Waals surface area contributed by atoms with Gasteiger partial charge < -0.3 is 25.0 Å². The topological polar surface area (TPSA) is 121 Å². The molecule has 9 nitrogen and oxygen atoms in total. The first-order chi connectivity index (χ1) is 18.3. The average Bonchev–Trinajstić information content (AvgIpc) is 3.25. The lowest BCUT2D eigenvalue weighted by molar-refractivity contribution is -0.274. The van der Waals surface area contributed by atoms with Crippen molar-refractivity contribution in [3.05, 3.63) is 24.3 Å². The van der Waals surface area contributed by atoms with Crippen LogP contribution in [0.5, 0.6) is 11.5 Å². The molecule has 2 N–H and O–H groups in total. The number of piperidine rings is 1. The summed E-state index contributed by atoms with van der Waals surface area (Å²) >= 11 is 0. The van der Waals surface area contributed by atoms with Gasteiger partial charge in [-0.1, -0.05) is 6.42 Å². The highest BCUT2D eigenvalue weighted by molar-refractivity contribution is 5.89. The van der Waals surface area contributed by atoms with Gasteiger partial charge in [-0.3, -0.25) is 14.4 Å². The van der Waals surface area contributed by atoms with Crippen molar-refractivity contribution < 1.29 is 37.0 Å². The molecule has 212 valence electrons. The summed E-state index contributed by atoms with van der Waals surface area (Å²) in [7, 11) is 0. The predicted octanol–water partition coefficient (Wildman–Crippen LogP) is 3.44. The minimum Gasteiger partial charge on any atom is -0.484 e. The van der Waals surface area contributed by atoms with E-state index in [9.17, 15) is 32.8 Å². The molecule has 12 heteroatoms. The van der Waals surface area contributed by atoms with Gasteiger partial charge in [-0.15, -0.1) is 13.2 Å². The van der Waals surface area contributed by atoms with Crippen molar-refractivity contribution in [2.24, 2.45) is 11.3 Å². The smallest absolute Gasteiger partial charge is 0.484 e. The van der Waals surface area contributed by atoms with Crippen molar-refractivity contribution >= 4 is 17.7 Å². The van der Waals surface area contributed by atoms with E-state index < -0.39 is 42.6 Å². The number of nitrogens with zero attached hydrogens (tertiary/aromatic N) is 2. The molecule has 2 aliphatic heterocycles. The molecule has 1 aliphatic carbocycles. The fraction of sp³-hybridized carbons (Fsp3) is 0.630. The maximum atomic E-state index is 13.3. The van der Waals surface area contributed by atoms with E-state index >= 15 is 0 Å². The molecule has 1 aromatic rings. The number of halogens is 3. The van der Waals surface area contributed by atoms with Crippen molar-refractivity contribution in [1.29, 1.82) is 5.26 Å². The van der Waals surface area contributed by atoms with Crippen molar-refractivity contribution in [2.75, 3.05) is 13.2 Å². The maximum absolute atomic E-state index is 13.3. The Morgan fingerprint density at radius 2 is 1.87 bits per heavy atom. The zero-order chi connectivity index (χ0) is 28.4. The molecular formula is C27H33F3N4O5. The second-order valence-electron chi connectivity index (χ2n) is 11.4. The van der Waals surface area contributed by atoms with E-state index in [-0.39, 0.29) is 34.9 Å². The first-order valence-corrected chi connectivity index (χ1v) is 13.1. The van der Waals surface area contributed by atoms with Crippen molar-refractivity contribution in [3.63, 3.8) is 0 Å². The molecule has 3 amide bonds. The lowest BCUT2D eigenvalue weighted by Crippen LogP contribution is -2.53. The maximum Gasteiger partial charge on any atom is 0.573 e. The number of ether oxygens (including phenoxy) is 2. The van der Waals surface area contributed by atoms with E-state index in [0.29, 0.717) is 19.4 Å². The lowest BCUT2D eigenvalue weighted by atomic mass is 9.67. The number of likely N-dealkylation sites (tertiary alicyclic amines) is 1. The summed E-state index contributed by atoms with van der Waals surface area (Å²) in [5.74, 6) is -1.63. The molecule has 0 unspecified atom stereocenters. The molecule has 0 aromatic heterocycles. The van der Waals surface area contributed by atoms with Crippen LogP contribution >= 0.6 is 0 Å². The molecule has 0 radical (unpaired) electrons. The summed E-state index contributed by atoms with van der Waals surface area (Å²) in [6.45, 7) is 3.86.